The van der Waals surface area contributed by atoms with E-state index in [2.05, 4.69) is 16.6 Å². The Morgan fingerprint density at radius 2 is 2.04 bits per heavy atom. The number of aryl methyl sites for hydroxylation is 1. The maximum absolute atomic E-state index is 13.3. The molecule has 0 saturated heterocycles. The molecule has 2 aromatic rings. The molecule has 5 heteroatoms. The van der Waals surface area contributed by atoms with E-state index in [4.69, 9.17) is 0 Å². The first-order chi connectivity index (χ1) is 11.5. The third kappa shape index (κ3) is 4.17. The Morgan fingerprint density at radius 3 is 2.75 bits per heavy atom. The molecule has 0 radical (unpaired) electrons. The van der Waals surface area contributed by atoms with Crippen LogP contribution in [0.5, 0.6) is 0 Å². The summed E-state index contributed by atoms with van der Waals surface area (Å²) in [6.07, 6.45) is 2.40. The third-order valence-electron chi connectivity index (χ3n) is 3.88. The van der Waals surface area contributed by atoms with E-state index in [1.807, 2.05) is 18.2 Å². The first-order valence-electron chi connectivity index (χ1n) is 7.82. The smallest absolute Gasteiger partial charge is 0.255 e. The number of anilines is 1. The minimum atomic E-state index is -0.284. The molecule has 1 amide bonds. The molecule has 2 aromatic carbocycles. The highest BCUT2D eigenvalue weighted by molar-refractivity contribution is 7.97. The van der Waals surface area contributed by atoms with Crippen molar-refractivity contribution in [3.05, 3.63) is 71.7 Å². The van der Waals surface area contributed by atoms with Crippen LogP contribution in [-0.4, -0.2) is 5.91 Å². The quantitative estimate of drug-likeness (QED) is 0.733. The van der Waals surface area contributed by atoms with Gasteiger partial charge in [-0.15, -0.1) is 0 Å². The first kappa shape index (κ1) is 16.6. The molecular formula is C19H19FN2OS. The van der Waals surface area contributed by atoms with Gasteiger partial charge in [0.05, 0.1) is 0 Å². The predicted molar refractivity (Wildman–Crippen MR) is 96.4 cm³/mol. The molecule has 124 valence electrons. The third-order valence-corrected chi connectivity index (χ3v) is 4.74. The van der Waals surface area contributed by atoms with Crippen LogP contribution < -0.4 is 10.0 Å². The highest BCUT2D eigenvalue weighted by atomic mass is 32.2. The second-order valence-corrected chi connectivity index (χ2v) is 6.83. The highest BCUT2D eigenvalue weighted by Gasteiger charge is 2.24. The highest BCUT2D eigenvalue weighted by Crippen LogP contribution is 2.35. The number of nitrogens with one attached hydrogen (secondary N) is 2. The van der Waals surface area contributed by atoms with Gasteiger partial charge in [-0.2, -0.15) is 0 Å². The zero-order valence-electron chi connectivity index (χ0n) is 13.4. The van der Waals surface area contributed by atoms with Crippen LogP contribution in [0.25, 0.3) is 0 Å². The van der Waals surface area contributed by atoms with Crippen LogP contribution in [0.15, 0.2) is 59.6 Å². The number of benzene rings is 2. The van der Waals surface area contributed by atoms with E-state index in [1.165, 1.54) is 30.9 Å². The second kappa shape index (κ2) is 7.09. The van der Waals surface area contributed by atoms with Crippen LogP contribution in [0.1, 0.15) is 28.8 Å². The number of halogens is 1. The molecule has 1 fully saturated rings. The summed E-state index contributed by atoms with van der Waals surface area (Å²) in [4.78, 5) is 13.3. The van der Waals surface area contributed by atoms with E-state index < -0.39 is 0 Å². The van der Waals surface area contributed by atoms with Crippen molar-refractivity contribution in [3.63, 3.8) is 0 Å². The van der Waals surface area contributed by atoms with E-state index in [1.54, 1.807) is 25.1 Å². The van der Waals surface area contributed by atoms with Crippen molar-refractivity contribution >= 4 is 23.5 Å². The van der Waals surface area contributed by atoms with E-state index in [9.17, 15) is 9.18 Å². The molecule has 0 aromatic heterocycles. The summed E-state index contributed by atoms with van der Waals surface area (Å²) >= 11 is 1.46. The van der Waals surface area contributed by atoms with Gasteiger partial charge in [-0.05, 0) is 79.6 Å². The van der Waals surface area contributed by atoms with Crippen LogP contribution in [0.4, 0.5) is 10.1 Å². The van der Waals surface area contributed by atoms with Crippen molar-refractivity contribution < 1.29 is 9.18 Å². The van der Waals surface area contributed by atoms with Crippen molar-refractivity contribution in [3.8, 4) is 0 Å². The number of rotatable bonds is 6. The summed E-state index contributed by atoms with van der Waals surface area (Å²) in [5.74, 6) is 0.0866. The number of hydrogen-bond acceptors (Lipinski definition) is 3. The van der Waals surface area contributed by atoms with E-state index in [0.717, 1.165) is 10.6 Å². The molecule has 3 nitrogen and oxygen atoms in total. The summed E-state index contributed by atoms with van der Waals surface area (Å²) in [7, 11) is 0. The monoisotopic (exact) mass is 342 g/mol. The van der Waals surface area contributed by atoms with Crippen LogP contribution in [0.3, 0.4) is 0 Å². The maximum atomic E-state index is 13.3. The van der Waals surface area contributed by atoms with Gasteiger partial charge in [0.25, 0.3) is 5.91 Å². The van der Waals surface area contributed by atoms with E-state index in [-0.39, 0.29) is 11.7 Å². The average Bonchev–Trinajstić information content (AvgIpc) is 3.41. The zero-order valence-corrected chi connectivity index (χ0v) is 14.3. The van der Waals surface area contributed by atoms with E-state index in [0.29, 0.717) is 22.7 Å². The lowest BCUT2D eigenvalue weighted by molar-refractivity contribution is 0.102. The van der Waals surface area contributed by atoms with Crippen LogP contribution in [-0.2, 0) is 0 Å². The Labute approximate surface area is 145 Å². The number of hydrogen-bond donors (Lipinski definition) is 2. The van der Waals surface area contributed by atoms with Gasteiger partial charge in [-0.25, -0.2) is 4.39 Å². The molecular weight excluding hydrogens is 323 g/mol. The van der Waals surface area contributed by atoms with Gasteiger partial charge >= 0.3 is 0 Å². The molecule has 0 atom stereocenters. The van der Waals surface area contributed by atoms with Gasteiger partial charge in [0.1, 0.15) is 5.82 Å². The van der Waals surface area contributed by atoms with Crippen LogP contribution >= 0.6 is 11.9 Å². The Morgan fingerprint density at radius 1 is 1.25 bits per heavy atom. The molecule has 0 aliphatic heterocycles. The summed E-state index contributed by atoms with van der Waals surface area (Å²) in [5, 5.41) is 2.79. The summed E-state index contributed by atoms with van der Waals surface area (Å²) in [5.41, 5.74) is 2.68. The number of carbonyl (C=O) groups excluding carboxylic acids is 1. The van der Waals surface area contributed by atoms with Gasteiger partial charge < -0.3 is 10.0 Å². The summed E-state index contributed by atoms with van der Waals surface area (Å²) < 4.78 is 16.5. The number of carbonyl (C=O) groups is 1. The molecule has 2 N–H and O–H groups in total. The normalized spacial score (nSPS) is 13.4. The molecule has 0 unspecified atom stereocenters. The van der Waals surface area contributed by atoms with Crippen molar-refractivity contribution in [2.45, 2.75) is 24.7 Å². The summed E-state index contributed by atoms with van der Waals surface area (Å²) in [6, 6.07) is 11.9. The Balaban J connectivity index is 1.64. The van der Waals surface area contributed by atoms with Crippen molar-refractivity contribution in [1.82, 2.24) is 4.72 Å². The average molecular weight is 342 g/mol. The Hall–Kier alpha value is -2.27. The van der Waals surface area contributed by atoms with E-state index >= 15 is 0 Å². The minimum absolute atomic E-state index is 0.218. The fourth-order valence-electron chi connectivity index (χ4n) is 2.27. The van der Waals surface area contributed by atoms with Gasteiger partial charge in [0.15, 0.2) is 0 Å². The van der Waals surface area contributed by atoms with Gasteiger partial charge in [0.2, 0.25) is 0 Å². The lowest BCUT2D eigenvalue weighted by atomic mass is 10.2. The molecule has 24 heavy (non-hydrogen) atoms. The molecule has 0 heterocycles. The van der Waals surface area contributed by atoms with Crippen LogP contribution in [0.2, 0.25) is 0 Å². The SMILES string of the molecule is C=C(NSc1cccc(C(=O)Nc2ccc(F)c(C)c2)c1)C1CC1. The first-order valence-corrected chi connectivity index (χ1v) is 8.64. The van der Waals surface area contributed by atoms with Gasteiger partial charge in [0, 0.05) is 21.8 Å². The molecule has 1 aliphatic rings. The van der Waals surface area contributed by atoms with Gasteiger partial charge in [-0.1, -0.05) is 12.6 Å². The van der Waals surface area contributed by atoms with Crippen molar-refractivity contribution in [2.24, 2.45) is 5.92 Å². The molecule has 1 aliphatic carbocycles. The largest absolute Gasteiger partial charge is 0.330 e. The van der Waals surface area contributed by atoms with Crippen LogP contribution in [0, 0.1) is 18.7 Å². The van der Waals surface area contributed by atoms with Gasteiger partial charge in [-0.3, -0.25) is 4.79 Å². The fourth-order valence-corrected chi connectivity index (χ4v) is 3.01. The number of allylic oxidation sites excluding steroid dienone is 1. The number of amides is 1. The zero-order chi connectivity index (χ0) is 17.1. The standard InChI is InChI=1S/C19H19FN2OS/c1-12-10-16(8-9-18(12)20)21-19(23)15-4-3-5-17(11-15)24-22-13(2)14-6-7-14/h3-5,8-11,14,22H,2,6-7H2,1H3,(H,21,23). The lowest BCUT2D eigenvalue weighted by Gasteiger charge is -2.09. The topological polar surface area (TPSA) is 41.1 Å². The molecule has 0 spiro atoms. The lowest BCUT2D eigenvalue weighted by Crippen LogP contribution is -2.12. The molecule has 0 bridgehead atoms. The summed E-state index contributed by atoms with van der Waals surface area (Å²) in [6.45, 7) is 5.69. The van der Waals surface area contributed by atoms with Crippen molar-refractivity contribution in [2.75, 3.05) is 5.32 Å². The fraction of sp³-hybridized carbons (Fsp3) is 0.211. The predicted octanol–water partition coefficient (Wildman–Crippen LogP) is 4.91. The van der Waals surface area contributed by atoms with Crippen molar-refractivity contribution in [1.29, 1.82) is 0 Å². The molecule has 3 rings (SSSR count). The molecule has 1 saturated carbocycles. The Bertz CT molecular complexity index is 787. The second-order valence-electron chi connectivity index (χ2n) is 5.95. The Kier molecular flexibility index (Phi) is 4.90. The maximum Gasteiger partial charge on any atom is 0.255 e. The minimum Gasteiger partial charge on any atom is -0.330 e.